The quantitative estimate of drug-likeness (QED) is 0.718. The van der Waals surface area contributed by atoms with Crippen LogP contribution >= 0.6 is 0 Å². The van der Waals surface area contributed by atoms with Crippen LogP contribution in [0.15, 0.2) is 18.5 Å². The Morgan fingerprint density at radius 2 is 2.36 bits per heavy atom. The highest BCUT2D eigenvalue weighted by Gasteiger charge is 2.01. The molecule has 1 aromatic rings. The van der Waals surface area contributed by atoms with Gasteiger partial charge < -0.3 is 15.0 Å². The van der Waals surface area contributed by atoms with Crippen LogP contribution in [0.2, 0.25) is 0 Å². The number of aliphatic hydroxyl groups excluding tert-OH is 1. The molecule has 1 atom stereocenters. The van der Waals surface area contributed by atoms with Gasteiger partial charge in [-0.3, -0.25) is 0 Å². The van der Waals surface area contributed by atoms with E-state index < -0.39 is 0 Å². The van der Waals surface area contributed by atoms with E-state index in [2.05, 4.69) is 35.3 Å². The van der Waals surface area contributed by atoms with Crippen LogP contribution in [-0.4, -0.2) is 22.8 Å². The Labute approximate surface area is 85.7 Å². The van der Waals surface area contributed by atoms with Gasteiger partial charge in [0.1, 0.15) is 0 Å². The van der Waals surface area contributed by atoms with E-state index in [1.54, 1.807) is 0 Å². The van der Waals surface area contributed by atoms with Crippen molar-refractivity contribution in [2.45, 2.75) is 26.9 Å². The number of hydrogen-bond acceptors (Lipinski definition) is 2. The van der Waals surface area contributed by atoms with Gasteiger partial charge >= 0.3 is 0 Å². The van der Waals surface area contributed by atoms with Gasteiger partial charge in [0.15, 0.2) is 0 Å². The molecule has 0 aliphatic rings. The first-order chi connectivity index (χ1) is 6.76. The van der Waals surface area contributed by atoms with Gasteiger partial charge in [0, 0.05) is 32.1 Å². The minimum absolute atomic E-state index is 0.251. The van der Waals surface area contributed by atoms with Crippen molar-refractivity contribution >= 4 is 0 Å². The van der Waals surface area contributed by atoms with Crippen LogP contribution in [0.25, 0.3) is 0 Å². The van der Waals surface area contributed by atoms with Gasteiger partial charge in [-0.05, 0) is 24.1 Å². The fourth-order valence-corrected chi connectivity index (χ4v) is 1.40. The number of nitrogens with one attached hydrogen (secondary N) is 1. The van der Waals surface area contributed by atoms with Crippen molar-refractivity contribution in [2.24, 2.45) is 5.92 Å². The molecule has 0 amide bonds. The lowest BCUT2D eigenvalue weighted by atomic mass is 10.2. The van der Waals surface area contributed by atoms with E-state index in [0.717, 1.165) is 19.6 Å². The molecule has 0 aliphatic heterocycles. The number of rotatable bonds is 6. The first-order valence-electron chi connectivity index (χ1n) is 5.22. The molecule has 1 aromatic heterocycles. The predicted octanol–water partition coefficient (Wildman–Crippen LogP) is 1.23. The maximum atomic E-state index is 8.92. The molecule has 0 spiro atoms. The molecule has 0 fully saturated rings. The Bertz CT molecular complexity index is 258. The van der Waals surface area contributed by atoms with Gasteiger partial charge in [-0.2, -0.15) is 0 Å². The molecular formula is C11H20N2O. The number of aliphatic hydroxyl groups is 1. The number of hydrogen-bond donors (Lipinski definition) is 2. The fourth-order valence-electron chi connectivity index (χ4n) is 1.40. The molecule has 1 rings (SSSR count). The van der Waals surface area contributed by atoms with Crippen LogP contribution in [0.3, 0.4) is 0 Å². The molecule has 0 aromatic carbocycles. The molecule has 0 bridgehead atoms. The molecule has 1 heterocycles. The third kappa shape index (κ3) is 3.52. The van der Waals surface area contributed by atoms with Gasteiger partial charge in [0.25, 0.3) is 0 Å². The smallest absolute Gasteiger partial charge is 0.0473 e. The summed E-state index contributed by atoms with van der Waals surface area (Å²) in [6, 6.07) is 2.12. The summed E-state index contributed by atoms with van der Waals surface area (Å²) < 4.78 is 2.13. The second-order valence-corrected chi connectivity index (χ2v) is 3.78. The Hall–Kier alpha value is -0.800. The summed E-state index contributed by atoms with van der Waals surface area (Å²) in [5.74, 6) is 0.328. The molecule has 1 unspecified atom stereocenters. The van der Waals surface area contributed by atoms with E-state index in [4.69, 9.17) is 5.11 Å². The number of aromatic nitrogens is 1. The van der Waals surface area contributed by atoms with Gasteiger partial charge in [-0.15, -0.1) is 0 Å². The van der Waals surface area contributed by atoms with E-state index in [0.29, 0.717) is 5.92 Å². The van der Waals surface area contributed by atoms with Gasteiger partial charge in [-0.25, -0.2) is 0 Å². The topological polar surface area (TPSA) is 37.2 Å². The largest absolute Gasteiger partial charge is 0.396 e. The van der Waals surface area contributed by atoms with Gasteiger partial charge in [0.05, 0.1) is 0 Å². The van der Waals surface area contributed by atoms with E-state index >= 15 is 0 Å². The summed E-state index contributed by atoms with van der Waals surface area (Å²) in [6.07, 6.45) is 4.20. The Morgan fingerprint density at radius 1 is 1.57 bits per heavy atom. The van der Waals surface area contributed by atoms with Crippen molar-refractivity contribution in [3.05, 3.63) is 24.0 Å². The lowest BCUT2D eigenvalue weighted by Crippen LogP contribution is -2.12. The maximum Gasteiger partial charge on any atom is 0.0473 e. The molecule has 3 heteroatoms. The Balaban J connectivity index is 2.42. The molecule has 80 valence electrons. The molecule has 0 saturated carbocycles. The molecule has 14 heavy (non-hydrogen) atoms. The molecule has 0 saturated heterocycles. The lowest BCUT2D eigenvalue weighted by Gasteiger charge is -2.08. The van der Waals surface area contributed by atoms with E-state index in [1.807, 2.05) is 6.92 Å². The van der Waals surface area contributed by atoms with Crippen LogP contribution in [0.5, 0.6) is 0 Å². The van der Waals surface area contributed by atoms with Crippen molar-refractivity contribution in [2.75, 3.05) is 13.2 Å². The molecule has 0 aliphatic carbocycles. The standard InChI is InChI=1S/C11H20N2O/c1-3-12-6-11-4-5-13(8-11)7-10(2)9-14/h4-5,8,10,12,14H,3,6-7,9H2,1-2H3. The molecular weight excluding hydrogens is 176 g/mol. The van der Waals surface area contributed by atoms with Crippen LogP contribution in [0.4, 0.5) is 0 Å². The van der Waals surface area contributed by atoms with E-state index in [-0.39, 0.29) is 6.61 Å². The molecule has 0 radical (unpaired) electrons. The summed E-state index contributed by atoms with van der Waals surface area (Å²) in [4.78, 5) is 0. The predicted molar refractivity (Wildman–Crippen MR) is 58.1 cm³/mol. The van der Waals surface area contributed by atoms with Crippen LogP contribution in [0, 0.1) is 5.92 Å². The average molecular weight is 196 g/mol. The summed E-state index contributed by atoms with van der Waals surface area (Å²) in [5, 5.41) is 12.2. The van der Waals surface area contributed by atoms with Crippen molar-refractivity contribution < 1.29 is 5.11 Å². The third-order valence-electron chi connectivity index (χ3n) is 2.23. The average Bonchev–Trinajstić information content (AvgIpc) is 2.62. The second-order valence-electron chi connectivity index (χ2n) is 3.78. The normalized spacial score (nSPS) is 13.1. The van der Waals surface area contributed by atoms with Crippen molar-refractivity contribution in [3.63, 3.8) is 0 Å². The zero-order chi connectivity index (χ0) is 10.4. The monoisotopic (exact) mass is 196 g/mol. The zero-order valence-electron chi connectivity index (χ0n) is 9.03. The summed E-state index contributed by atoms with van der Waals surface area (Å²) >= 11 is 0. The first-order valence-corrected chi connectivity index (χ1v) is 5.22. The Morgan fingerprint density at radius 3 is 3.00 bits per heavy atom. The highest BCUT2D eigenvalue weighted by Crippen LogP contribution is 2.04. The summed E-state index contributed by atoms with van der Waals surface area (Å²) in [7, 11) is 0. The van der Waals surface area contributed by atoms with Crippen molar-refractivity contribution in [1.82, 2.24) is 9.88 Å². The summed E-state index contributed by atoms with van der Waals surface area (Å²) in [5.41, 5.74) is 1.30. The van der Waals surface area contributed by atoms with E-state index in [1.165, 1.54) is 5.56 Å². The van der Waals surface area contributed by atoms with Crippen LogP contribution in [0.1, 0.15) is 19.4 Å². The molecule has 3 nitrogen and oxygen atoms in total. The fraction of sp³-hybridized carbons (Fsp3) is 0.636. The SMILES string of the molecule is CCNCc1ccn(CC(C)CO)c1. The number of nitrogens with zero attached hydrogens (tertiary/aromatic N) is 1. The zero-order valence-corrected chi connectivity index (χ0v) is 9.03. The lowest BCUT2D eigenvalue weighted by molar-refractivity contribution is 0.223. The Kier molecular flexibility index (Phi) is 4.70. The van der Waals surface area contributed by atoms with Gasteiger partial charge in [0.2, 0.25) is 0 Å². The minimum Gasteiger partial charge on any atom is -0.396 e. The molecule has 2 N–H and O–H groups in total. The first kappa shape index (κ1) is 11.3. The second kappa shape index (κ2) is 5.83. The minimum atomic E-state index is 0.251. The van der Waals surface area contributed by atoms with E-state index in [9.17, 15) is 0 Å². The highest BCUT2D eigenvalue weighted by atomic mass is 16.3. The van der Waals surface area contributed by atoms with Crippen LogP contribution in [-0.2, 0) is 13.1 Å². The third-order valence-corrected chi connectivity index (χ3v) is 2.23. The van der Waals surface area contributed by atoms with Crippen LogP contribution < -0.4 is 5.32 Å². The van der Waals surface area contributed by atoms with Crippen molar-refractivity contribution in [1.29, 1.82) is 0 Å². The summed E-state index contributed by atoms with van der Waals surface area (Å²) in [6.45, 7) is 7.22. The highest BCUT2D eigenvalue weighted by molar-refractivity contribution is 5.09. The maximum absolute atomic E-state index is 8.92. The van der Waals surface area contributed by atoms with Crippen molar-refractivity contribution in [3.8, 4) is 0 Å². The van der Waals surface area contributed by atoms with Gasteiger partial charge in [-0.1, -0.05) is 13.8 Å².